The zero-order chi connectivity index (χ0) is 20.5. The number of hydrogen-bond donors (Lipinski definition) is 1. The predicted molar refractivity (Wildman–Crippen MR) is 112 cm³/mol. The number of benzene rings is 2. The lowest BCUT2D eigenvalue weighted by Gasteiger charge is -2.38. The highest BCUT2D eigenvalue weighted by Gasteiger charge is 2.34. The molecule has 0 fully saturated rings. The number of rotatable bonds is 5. The summed E-state index contributed by atoms with van der Waals surface area (Å²) < 4.78 is 12.0. The van der Waals surface area contributed by atoms with Crippen molar-refractivity contribution in [1.82, 2.24) is 5.32 Å². The van der Waals surface area contributed by atoms with E-state index in [0.29, 0.717) is 5.92 Å². The Balaban J connectivity index is 1.72. The fraction of sp³-hybridized carbons (Fsp3) is 0.458. The topological polar surface area (TPSA) is 47.6 Å². The van der Waals surface area contributed by atoms with Gasteiger partial charge in [0.1, 0.15) is 17.1 Å². The van der Waals surface area contributed by atoms with Crippen LogP contribution in [0, 0.1) is 13.8 Å². The second kappa shape index (κ2) is 7.86. The summed E-state index contributed by atoms with van der Waals surface area (Å²) in [5.41, 5.74) is 4.09. The van der Waals surface area contributed by atoms with Crippen molar-refractivity contribution < 1.29 is 14.3 Å². The summed E-state index contributed by atoms with van der Waals surface area (Å²) in [6.07, 6.45) is 0.719. The molecule has 1 aliphatic rings. The molecular weight excluding hydrogens is 350 g/mol. The molecule has 28 heavy (non-hydrogen) atoms. The molecule has 150 valence electrons. The lowest BCUT2D eigenvalue weighted by atomic mass is 9.89. The van der Waals surface area contributed by atoms with Crippen LogP contribution >= 0.6 is 0 Å². The van der Waals surface area contributed by atoms with Crippen LogP contribution in [-0.4, -0.2) is 18.1 Å². The summed E-state index contributed by atoms with van der Waals surface area (Å²) in [5.74, 6) is 1.85. The van der Waals surface area contributed by atoms with Gasteiger partial charge in [-0.05, 0) is 56.9 Å². The predicted octanol–water partition coefficient (Wildman–Crippen LogP) is 5.22. The number of amides is 1. The van der Waals surface area contributed by atoms with E-state index in [0.717, 1.165) is 40.2 Å². The maximum absolute atomic E-state index is 12.7. The Morgan fingerprint density at radius 3 is 2.57 bits per heavy atom. The molecule has 0 unspecified atom stereocenters. The van der Waals surface area contributed by atoms with Gasteiger partial charge in [-0.15, -0.1) is 0 Å². The van der Waals surface area contributed by atoms with Crippen molar-refractivity contribution in [3.05, 3.63) is 58.7 Å². The summed E-state index contributed by atoms with van der Waals surface area (Å²) in [6.45, 7) is 12.4. The van der Waals surface area contributed by atoms with E-state index in [1.807, 2.05) is 45.9 Å². The van der Waals surface area contributed by atoms with Crippen LogP contribution in [0.15, 0.2) is 36.4 Å². The van der Waals surface area contributed by atoms with Crippen LogP contribution in [0.2, 0.25) is 0 Å². The number of aryl methyl sites for hydroxylation is 2. The van der Waals surface area contributed by atoms with Crippen molar-refractivity contribution in [1.29, 1.82) is 0 Å². The quantitative estimate of drug-likeness (QED) is 0.772. The molecule has 1 amide bonds. The van der Waals surface area contributed by atoms with Gasteiger partial charge in [-0.1, -0.05) is 43.7 Å². The molecule has 1 N–H and O–H groups in total. The second-order valence-corrected chi connectivity index (χ2v) is 8.71. The molecule has 2 aromatic carbocycles. The molecule has 0 aliphatic carbocycles. The largest absolute Gasteiger partial charge is 0.487 e. The lowest BCUT2D eigenvalue weighted by Crippen LogP contribution is -2.42. The van der Waals surface area contributed by atoms with Crippen LogP contribution in [0.1, 0.15) is 68.3 Å². The van der Waals surface area contributed by atoms with E-state index in [1.54, 1.807) is 0 Å². The molecule has 3 rings (SSSR count). The number of fused-ring (bicyclic) bond motifs is 1. The molecule has 0 spiro atoms. The van der Waals surface area contributed by atoms with E-state index in [1.165, 1.54) is 0 Å². The van der Waals surface area contributed by atoms with Crippen LogP contribution in [0.3, 0.4) is 0 Å². The number of ether oxygens (including phenoxy) is 2. The van der Waals surface area contributed by atoms with E-state index in [4.69, 9.17) is 9.47 Å². The maximum Gasteiger partial charge on any atom is 0.258 e. The zero-order valence-corrected chi connectivity index (χ0v) is 17.8. The molecule has 4 nitrogen and oxygen atoms in total. The van der Waals surface area contributed by atoms with Gasteiger partial charge in [0.15, 0.2) is 6.61 Å². The molecule has 0 bridgehead atoms. The first-order chi connectivity index (χ1) is 13.1. The number of carbonyl (C=O) groups is 1. The second-order valence-electron chi connectivity index (χ2n) is 8.71. The average molecular weight is 382 g/mol. The van der Waals surface area contributed by atoms with Crippen LogP contribution < -0.4 is 14.8 Å². The van der Waals surface area contributed by atoms with Gasteiger partial charge >= 0.3 is 0 Å². The molecule has 0 radical (unpaired) electrons. The fourth-order valence-electron chi connectivity index (χ4n) is 3.73. The third kappa shape index (κ3) is 4.67. The summed E-state index contributed by atoms with van der Waals surface area (Å²) >= 11 is 0. The molecule has 4 heteroatoms. The highest BCUT2D eigenvalue weighted by Crippen LogP contribution is 2.39. The summed E-state index contributed by atoms with van der Waals surface area (Å²) in [7, 11) is 0. The fourth-order valence-corrected chi connectivity index (χ4v) is 3.73. The summed E-state index contributed by atoms with van der Waals surface area (Å²) in [6, 6.07) is 12.2. The van der Waals surface area contributed by atoms with Crippen molar-refractivity contribution in [2.24, 2.45) is 0 Å². The molecule has 0 saturated carbocycles. The van der Waals surface area contributed by atoms with Crippen molar-refractivity contribution in [3.63, 3.8) is 0 Å². The van der Waals surface area contributed by atoms with E-state index in [9.17, 15) is 4.79 Å². The smallest absolute Gasteiger partial charge is 0.258 e. The Kier molecular flexibility index (Phi) is 5.69. The van der Waals surface area contributed by atoms with Crippen molar-refractivity contribution in [2.75, 3.05) is 6.61 Å². The maximum atomic E-state index is 12.7. The first-order valence-electron chi connectivity index (χ1n) is 9.97. The van der Waals surface area contributed by atoms with Gasteiger partial charge < -0.3 is 14.8 Å². The molecule has 1 atom stereocenters. The highest BCUT2D eigenvalue weighted by molar-refractivity contribution is 5.78. The monoisotopic (exact) mass is 381 g/mol. The SMILES string of the molecule is Cc1ccc(C(C)C)c(OCC(=O)N[C@H]2CC(C)(C)Oc3ccc(C)cc32)c1. The normalized spacial score (nSPS) is 17.6. The number of hydrogen-bond acceptors (Lipinski definition) is 3. The molecule has 1 heterocycles. The Morgan fingerprint density at radius 2 is 1.86 bits per heavy atom. The van der Waals surface area contributed by atoms with Crippen LogP contribution in [0.25, 0.3) is 0 Å². The lowest BCUT2D eigenvalue weighted by molar-refractivity contribution is -0.124. The van der Waals surface area contributed by atoms with Gasteiger partial charge in [0.05, 0.1) is 6.04 Å². The summed E-state index contributed by atoms with van der Waals surface area (Å²) in [5, 5.41) is 3.15. The Hall–Kier alpha value is -2.49. The first kappa shape index (κ1) is 20.2. The van der Waals surface area contributed by atoms with Crippen LogP contribution in [0.5, 0.6) is 11.5 Å². The third-order valence-corrected chi connectivity index (χ3v) is 5.11. The van der Waals surface area contributed by atoms with Crippen LogP contribution in [-0.2, 0) is 4.79 Å². The van der Waals surface area contributed by atoms with Crippen molar-refractivity contribution >= 4 is 5.91 Å². The molecular formula is C24H31NO3. The zero-order valence-electron chi connectivity index (χ0n) is 17.8. The Bertz CT molecular complexity index is 870. The third-order valence-electron chi connectivity index (χ3n) is 5.11. The van der Waals surface area contributed by atoms with Gasteiger partial charge in [0, 0.05) is 12.0 Å². The van der Waals surface area contributed by atoms with Gasteiger partial charge in [-0.2, -0.15) is 0 Å². The van der Waals surface area contributed by atoms with E-state index >= 15 is 0 Å². The van der Waals surface area contributed by atoms with Gasteiger partial charge in [0.25, 0.3) is 5.91 Å². The van der Waals surface area contributed by atoms with Gasteiger partial charge in [0.2, 0.25) is 0 Å². The van der Waals surface area contributed by atoms with E-state index in [2.05, 4.69) is 37.4 Å². The Morgan fingerprint density at radius 1 is 1.18 bits per heavy atom. The molecule has 0 saturated heterocycles. The van der Waals surface area contributed by atoms with Gasteiger partial charge in [-0.3, -0.25) is 4.79 Å². The molecule has 2 aromatic rings. The minimum absolute atomic E-state index is 0.00209. The van der Waals surface area contributed by atoms with Crippen molar-refractivity contribution in [3.8, 4) is 11.5 Å². The number of nitrogens with one attached hydrogen (secondary N) is 1. The van der Waals surface area contributed by atoms with Gasteiger partial charge in [-0.25, -0.2) is 0 Å². The average Bonchev–Trinajstić information content (AvgIpc) is 2.59. The van der Waals surface area contributed by atoms with Crippen LogP contribution in [0.4, 0.5) is 0 Å². The summed E-state index contributed by atoms with van der Waals surface area (Å²) in [4.78, 5) is 12.7. The minimum atomic E-state index is -0.331. The van der Waals surface area contributed by atoms with Crippen molar-refractivity contribution in [2.45, 2.75) is 65.5 Å². The standard InChI is InChI=1S/C24H31NO3/c1-15(2)18-9-7-17(4)12-22(18)27-14-23(26)25-20-13-24(5,6)28-21-10-8-16(3)11-19(20)21/h7-12,15,20H,13-14H2,1-6H3,(H,25,26)/t20-/m0/s1. The molecule has 0 aromatic heterocycles. The molecule has 1 aliphatic heterocycles. The Labute approximate surface area is 168 Å². The van der Waals surface area contributed by atoms with E-state index in [-0.39, 0.29) is 24.2 Å². The number of carbonyl (C=O) groups excluding carboxylic acids is 1. The minimum Gasteiger partial charge on any atom is -0.487 e. The van der Waals surface area contributed by atoms with E-state index < -0.39 is 0 Å². The highest BCUT2D eigenvalue weighted by atomic mass is 16.5. The first-order valence-corrected chi connectivity index (χ1v) is 9.97.